The lowest BCUT2D eigenvalue weighted by atomic mass is 9.91. The number of β-amino-alcohol motifs (C(OH)–C–C–N with tert-alkyl or cyclic N) is 1. The van der Waals surface area contributed by atoms with Crippen LogP contribution in [0.2, 0.25) is 0 Å². The van der Waals surface area contributed by atoms with Crippen LogP contribution in [0.4, 0.5) is 0 Å². The minimum atomic E-state index is -0.439. The Morgan fingerprint density at radius 1 is 1.24 bits per heavy atom. The van der Waals surface area contributed by atoms with Crippen molar-refractivity contribution in [2.24, 2.45) is 0 Å². The zero-order valence-corrected chi connectivity index (χ0v) is 10.6. The summed E-state index contributed by atoms with van der Waals surface area (Å²) in [4.78, 5) is 2.26. The van der Waals surface area contributed by atoms with E-state index in [0.717, 1.165) is 31.8 Å². The molecule has 1 heterocycles. The maximum atomic E-state index is 9.92. The van der Waals surface area contributed by atoms with E-state index in [1.54, 1.807) is 0 Å². The van der Waals surface area contributed by atoms with Gasteiger partial charge < -0.3 is 9.84 Å². The van der Waals surface area contributed by atoms with Crippen molar-refractivity contribution in [3.63, 3.8) is 0 Å². The van der Waals surface area contributed by atoms with Gasteiger partial charge in [0, 0.05) is 19.6 Å². The van der Waals surface area contributed by atoms with Gasteiger partial charge in [-0.2, -0.15) is 0 Å². The fourth-order valence-corrected chi connectivity index (χ4v) is 2.24. The van der Waals surface area contributed by atoms with E-state index in [4.69, 9.17) is 4.74 Å². The zero-order valence-electron chi connectivity index (χ0n) is 10.6. The molecule has 0 saturated carbocycles. The summed E-state index contributed by atoms with van der Waals surface area (Å²) >= 11 is 0. The number of nitrogens with zero attached hydrogens (tertiary/aromatic N) is 1. The quantitative estimate of drug-likeness (QED) is 0.847. The molecule has 0 spiro atoms. The number of hydrogen-bond acceptors (Lipinski definition) is 3. The Bertz CT molecular complexity index is 355. The van der Waals surface area contributed by atoms with Crippen LogP contribution in [0, 0.1) is 0 Å². The summed E-state index contributed by atoms with van der Waals surface area (Å²) < 4.78 is 5.40. The predicted molar refractivity (Wildman–Crippen MR) is 68.1 cm³/mol. The van der Waals surface area contributed by atoms with Gasteiger partial charge in [0.15, 0.2) is 0 Å². The van der Waals surface area contributed by atoms with Crippen LogP contribution < -0.4 is 4.74 Å². The highest BCUT2D eigenvalue weighted by molar-refractivity contribution is 5.27. The van der Waals surface area contributed by atoms with Crippen molar-refractivity contribution in [2.75, 3.05) is 19.7 Å². The second-order valence-corrected chi connectivity index (χ2v) is 4.80. The predicted octanol–water partition coefficient (Wildman–Crippen LogP) is 2.04. The highest BCUT2D eigenvalue weighted by Gasteiger charge is 2.38. The molecule has 1 aromatic rings. The van der Waals surface area contributed by atoms with Crippen molar-refractivity contribution in [2.45, 2.75) is 32.4 Å². The summed E-state index contributed by atoms with van der Waals surface area (Å²) in [6.45, 7) is 7.21. The first-order chi connectivity index (χ1) is 8.15. The lowest BCUT2D eigenvalue weighted by Gasteiger charge is -2.46. The molecule has 1 aliphatic rings. The highest BCUT2D eigenvalue weighted by atomic mass is 16.5. The molecule has 1 aliphatic heterocycles. The second kappa shape index (κ2) is 5.07. The zero-order chi connectivity index (χ0) is 12.3. The third kappa shape index (κ3) is 2.99. The second-order valence-electron chi connectivity index (χ2n) is 4.80. The van der Waals surface area contributed by atoms with Crippen molar-refractivity contribution in [1.29, 1.82) is 0 Å². The van der Waals surface area contributed by atoms with Gasteiger partial charge in [-0.25, -0.2) is 0 Å². The topological polar surface area (TPSA) is 32.7 Å². The van der Waals surface area contributed by atoms with E-state index in [0.29, 0.717) is 6.61 Å². The Labute approximate surface area is 103 Å². The lowest BCUT2D eigenvalue weighted by molar-refractivity contribution is -0.103. The molecular formula is C14H21NO2. The molecule has 3 heteroatoms. The molecule has 3 nitrogen and oxygen atoms in total. The molecule has 94 valence electrons. The molecule has 0 unspecified atom stereocenters. The average molecular weight is 235 g/mol. The molecule has 0 aliphatic carbocycles. The van der Waals surface area contributed by atoms with Crippen LogP contribution >= 0.6 is 0 Å². The molecular weight excluding hydrogens is 214 g/mol. The maximum absolute atomic E-state index is 9.92. The monoisotopic (exact) mass is 235 g/mol. The summed E-state index contributed by atoms with van der Waals surface area (Å²) in [6, 6.07) is 8.19. The first-order valence-corrected chi connectivity index (χ1v) is 6.31. The third-order valence-corrected chi connectivity index (χ3v) is 3.33. The molecule has 1 N–H and O–H groups in total. The van der Waals surface area contributed by atoms with Gasteiger partial charge >= 0.3 is 0 Å². The molecule has 0 radical (unpaired) electrons. The summed E-state index contributed by atoms with van der Waals surface area (Å²) in [6.07, 6.45) is 0.840. The van der Waals surface area contributed by atoms with Crippen molar-refractivity contribution >= 4 is 0 Å². The first kappa shape index (κ1) is 12.4. The minimum absolute atomic E-state index is 0.439. The molecule has 1 fully saturated rings. The van der Waals surface area contributed by atoms with Gasteiger partial charge in [-0.05, 0) is 31.0 Å². The van der Waals surface area contributed by atoms with Gasteiger partial charge in [-0.3, -0.25) is 4.90 Å². The van der Waals surface area contributed by atoms with E-state index in [-0.39, 0.29) is 0 Å². The molecule has 1 saturated heterocycles. The molecule has 1 aromatic carbocycles. The van der Waals surface area contributed by atoms with Crippen molar-refractivity contribution in [3.05, 3.63) is 29.8 Å². The van der Waals surface area contributed by atoms with E-state index in [9.17, 15) is 5.11 Å². The summed E-state index contributed by atoms with van der Waals surface area (Å²) in [5.41, 5.74) is 0.831. The number of hydrogen-bond donors (Lipinski definition) is 1. The maximum Gasteiger partial charge on any atom is 0.119 e. The van der Waals surface area contributed by atoms with Gasteiger partial charge in [-0.15, -0.1) is 0 Å². The van der Waals surface area contributed by atoms with Gasteiger partial charge in [-0.1, -0.05) is 19.1 Å². The molecule has 17 heavy (non-hydrogen) atoms. The van der Waals surface area contributed by atoms with Crippen LogP contribution in [0.25, 0.3) is 0 Å². The summed E-state index contributed by atoms with van der Waals surface area (Å²) in [5.74, 6) is 0.921. The van der Waals surface area contributed by atoms with Crippen molar-refractivity contribution in [1.82, 2.24) is 4.90 Å². The molecule has 2 rings (SSSR count). The van der Waals surface area contributed by atoms with Crippen molar-refractivity contribution in [3.8, 4) is 5.75 Å². The van der Waals surface area contributed by atoms with Gasteiger partial charge in [0.25, 0.3) is 0 Å². The SMILES string of the molecule is CCOc1ccc(CN2CC(O)(CC)C2)cc1. The number of aliphatic hydroxyl groups is 1. The standard InChI is InChI=1S/C14H21NO2/c1-3-14(16)10-15(11-14)9-12-5-7-13(8-6-12)17-4-2/h5-8,16H,3-4,9-11H2,1-2H3. The van der Waals surface area contributed by atoms with Crippen LogP contribution in [0.1, 0.15) is 25.8 Å². The lowest BCUT2D eigenvalue weighted by Crippen LogP contribution is -2.60. The number of rotatable bonds is 5. The molecule has 0 aromatic heterocycles. The third-order valence-electron chi connectivity index (χ3n) is 3.33. The minimum Gasteiger partial charge on any atom is -0.494 e. The Kier molecular flexibility index (Phi) is 3.69. The smallest absolute Gasteiger partial charge is 0.119 e. The van der Waals surface area contributed by atoms with E-state index in [1.807, 2.05) is 26.0 Å². The van der Waals surface area contributed by atoms with Crippen LogP contribution in [0.3, 0.4) is 0 Å². The van der Waals surface area contributed by atoms with Gasteiger partial charge in [0.1, 0.15) is 5.75 Å². The van der Waals surface area contributed by atoms with E-state index in [2.05, 4.69) is 17.0 Å². The van der Waals surface area contributed by atoms with Gasteiger partial charge in [0.05, 0.1) is 12.2 Å². The highest BCUT2D eigenvalue weighted by Crippen LogP contribution is 2.26. The van der Waals surface area contributed by atoms with E-state index < -0.39 is 5.60 Å². The largest absolute Gasteiger partial charge is 0.494 e. The first-order valence-electron chi connectivity index (χ1n) is 6.31. The Balaban J connectivity index is 1.84. The Morgan fingerprint density at radius 3 is 2.41 bits per heavy atom. The average Bonchev–Trinajstić information content (AvgIpc) is 2.30. The van der Waals surface area contributed by atoms with Crippen LogP contribution in [0.5, 0.6) is 5.75 Å². The number of ether oxygens (including phenoxy) is 1. The number of benzene rings is 1. The van der Waals surface area contributed by atoms with Crippen LogP contribution in [-0.2, 0) is 6.54 Å². The Hall–Kier alpha value is -1.06. The fraction of sp³-hybridized carbons (Fsp3) is 0.571. The van der Waals surface area contributed by atoms with Crippen LogP contribution in [0.15, 0.2) is 24.3 Å². The summed E-state index contributed by atoms with van der Waals surface area (Å²) in [5, 5.41) is 9.92. The molecule has 0 atom stereocenters. The normalized spacial score (nSPS) is 18.8. The summed E-state index contributed by atoms with van der Waals surface area (Å²) in [7, 11) is 0. The van der Waals surface area contributed by atoms with Gasteiger partial charge in [0.2, 0.25) is 0 Å². The van der Waals surface area contributed by atoms with Crippen molar-refractivity contribution < 1.29 is 9.84 Å². The van der Waals surface area contributed by atoms with E-state index >= 15 is 0 Å². The molecule has 0 bridgehead atoms. The fourth-order valence-electron chi connectivity index (χ4n) is 2.24. The Morgan fingerprint density at radius 2 is 1.88 bits per heavy atom. The van der Waals surface area contributed by atoms with Crippen LogP contribution in [-0.4, -0.2) is 35.3 Å². The molecule has 0 amide bonds. The van der Waals surface area contributed by atoms with E-state index in [1.165, 1.54) is 5.56 Å². The number of likely N-dealkylation sites (tertiary alicyclic amines) is 1.